The number of hydrogen-bond acceptors (Lipinski definition) is 3. The van der Waals surface area contributed by atoms with E-state index in [1.54, 1.807) is 18.6 Å². The molecular formula is C11H17NO2. The first-order valence-electron chi connectivity index (χ1n) is 4.95. The van der Waals surface area contributed by atoms with E-state index in [-0.39, 0.29) is 5.78 Å². The summed E-state index contributed by atoms with van der Waals surface area (Å²) in [5, 5.41) is 0. The molecule has 2 N–H and O–H groups in total. The highest BCUT2D eigenvalue weighted by molar-refractivity contribution is 5.89. The zero-order valence-corrected chi connectivity index (χ0v) is 8.75. The Morgan fingerprint density at radius 2 is 2.14 bits per heavy atom. The van der Waals surface area contributed by atoms with Crippen molar-refractivity contribution < 1.29 is 9.21 Å². The highest BCUT2D eigenvalue weighted by Crippen LogP contribution is 2.15. The number of carbonyl (C=O) groups excluding carboxylic acids is 1. The minimum absolute atomic E-state index is 0.0869. The molecule has 0 saturated carbocycles. The van der Waals surface area contributed by atoms with Gasteiger partial charge in [-0.1, -0.05) is 13.8 Å². The second-order valence-electron chi connectivity index (χ2n) is 3.59. The van der Waals surface area contributed by atoms with Crippen molar-refractivity contribution in [3.05, 3.63) is 24.2 Å². The SMILES string of the molecule is CCC(N)(CC)C(=O)Cc1ccoc1. The molecule has 0 unspecified atom stereocenters. The van der Waals surface area contributed by atoms with E-state index in [2.05, 4.69) is 0 Å². The minimum Gasteiger partial charge on any atom is -0.472 e. The minimum atomic E-state index is -0.669. The van der Waals surface area contributed by atoms with Gasteiger partial charge in [0.15, 0.2) is 5.78 Å². The lowest BCUT2D eigenvalue weighted by Crippen LogP contribution is -2.47. The Labute approximate surface area is 84.3 Å². The van der Waals surface area contributed by atoms with Gasteiger partial charge < -0.3 is 10.2 Å². The average Bonchev–Trinajstić information content (AvgIpc) is 2.69. The Hall–Kier alpha value is -1.09. The Morgan fingerprint density at radius 3 is 2.57 bits per heavy atom. The van der Waals surface area contributed by atoms with Gasteiger partial charge in [0.25, 0.3) is 0 Å². The summed E-state index contributed by atoms with van der Waals surface area (Å²) in [6.07, 6.45) is 4.89. The smallest absolute Gasteiger partial charge is 0.157 e. The molecule has 0 bridgehead atoms. The predicted molar refractivity (Wildman–Crippen MR) is 54.9 cm³/mol. The van der Waals surface area contributed by atoms with Crippen LogP contribution in [0.1, 0.15) is 32.3 Å². The number of nitrogens with two attached hydrogens (primary N) is 1. The molecule has 78 valence electrons. The molecule has 1 aromatic heterocycles. The van der Waals surface area contributed by atoms with Crippen LogP contribution in [0.3, 0.4) is 0 Å². The first-order valence-corrected chi connectivity index (χ1v) is 4.95. The summed E-state index contributed by atoms with van der Waals surface area (Å²) in [6.45, 7) is 3.88. The summed E-state index contributed by atoms with van der Waals surface area (Å²) in [7, 11) is 0. The van der Waals surface area contributed by atoms with E-state index < -0.39 is 5.54 Å². The third-order valence-corrected chi connectivity index (χ3v) is 2.76. The number of ketones is 1. The van der Waals surface area contributed by atoms with Gasteiger partial charge in [0.2, 0.25) is 0 Å². The largest absolute Gasteiger partial charge is 0.472 e. The van der Waals surface area contributed by atoms with Crippen molar-refractivity contribution >= 4 is 5.78 Å². The maximum atomic E-state index is 11.8. The lowest BCUT2D eigenvalue weighted by Gasteiger charge is -2.24. The Kier molecular flexibility index (Phi) is 3.47. The predicted octanol–water partition coefficient (Wildman–Crippen LogP) is 1.91. The van der Waals surface area contributed by atoms with Gasteiger partial charge in [-0.05, 0) is 24.5 Å². The molecule has 0 saturated heterocycles. The normalized spacial score (nSPS) is 11.6. The molecule has 0 aliphatic rings. The van der Waals surface area contributed by atoms with Gasteiger partial charge in [0.05, 0.1) is 18.1 Å². The summed E-state index contributed by atoms with van der Waals surface area (Å²) in [6, 6.07) is 1.80. The second kappa shape index (κ2) is 4.42. The van der Waals surface area contributed by atoms with E-state index in [4.69, 9.17) is 10.2 Å². The molecule has 0 aliphatic carbocycles. The molecule has 14 heavy (non-hydrogen) atoms. The van der Waals surface area contributed by atoms with Crippen molar-refractivity contribution in [1.82, 2.24) is 0 Å². The van der Waals surface area contributed by atoms with Crippen molar-refractivity contribution in [3.8, 4) is 0 Å². The van der Waals surface area contributed by atoms with Crippen LogP contribution in [0.4, 0.5) is 0 Å². The van der Waals surface area contributed by atoms with Crippen molar-refractivity contribution in [2.24, 2.45) is 5.73 Å². The fourth-order valence-corrected chi connectivity index (χ4v) is 1.40. The van der Waals surface area contributed by atoms with Crippen molar-refractivity contribution in [3.63, 3.8) is 0 Å². The van der Waals surface area contributed by atoms with Gasteiger partial charge in [-0.25, -0.2) is 0 Å². The van der Waals surface area contributed by atoms with Crippen LogP contribution in [0, 0.1) is 0 Å². The summed E-state index contributed by atoms with van der Waals surface area (Å²) in [5.41, 5.74) is 6.20. The van der Waals surface area contributed by atoms with Crippen LogP contribution in [0.15, 0.2) is 23.0 Å². The summed E-state index contributed by atoms with van der Waals surface area (Å²) in [5.74, 6) is 0.0869. The lowest BCUT2D eigenvalue weighted by molar-refractivity contribution is -0.123. The van der Waals surface area contributed by atoms with Crippen LogP contribution in [0.2, 0.25) is 0 Å². The topological polar surface area (TPSA) is 56.2 Å². The Balaban J connectivity index is 2.66. The Morgan fingerprint density at radius 1 is 1.50 bits per heavy atom. The van der Waals surface area contributed by atoms with Crippen LogP contribution in [-0.4, -0.2) is 11.3 Å². The van der Waals surface area contributed by atoms with E-state index in [9.17, 15) is 4.79 Å². The van der Waals surface area contributed by atoms with Gasteiger partial charge in [-0.3, -0.25) is 4.79 Å². The maximum absolute atomic E-state index is 11.8. The van der Waals surface area contributed by atoms with E-state index in [1.807, 2.05) is 13.8 Å². The second-order valence-corrected chi connectivity index (χ2v) is 3.59. The number of hydrogen-bond donors (Lipinski definition) is 1. The molecule has 0 radical (unpaired) electrons. The van der Waals surface area contributed by atoms with E-state index in [0.717, 1.165) is 5.56 Å². The van der Waals surface area contributed by atoms with Crippen LogP contribution in [0.25, 0.3) is 0 Å². The fourth-order valence-electron chi connectivity index (χ4n) is 1.40. The molecule has 3 nitrogen and oxygen atoms in total. The van der Waals surface area contributed by atoms with Gasteiger partial charge in [-0.2, -0.15) is 0 Å². The van der Waals surface area contributed by atoms with Crippen molar-refractivity contribution in [1.29, 1.82) is 0 Å². The molecule has 1 aromatic rings. The molecule has 0 spiro atoms. The third-order valence-electron chi connectivity index (χ3n) is 2.76. The van der Waals surface area contributed by atoms with Gasteiger partial charge in [0, 0.05) is 6.42 Å². The van der Waals surface area contributed by atoms with Gasteiger partial charge in [-0.15, -0.1) is 0 Å². The molecular weight excluding hydrogens is 178 g/mol. The first kappa shape index (κ1) is 11.0. The van der Waals surface area contributed by atoms with E-state index >= 15 is 0 Å². The fraction of sp³-hybridized carbons (Fsp3) is 0.545. The monoisotopic (exact) mass is 195 g/mol. The molecule has 3 heteroatoms. The molecule has 1 heterocycles. The number of carbonyl (C=O) groups is 1. The molecule has 0 aromatic carbocycles. The standard InChI is InChI=1S/C11H17NO2/c1-3-11(12,4-2)10(13)7-9-5-6-14-8-9/h5-6,8H,3-4,7,12H2,1-2H3. The molecule has 0 amide bonds. The van der Waals surface area contributed by atoms with Gasteiger partial charge in [0.1, 0.15) is 0 Å². The molecule has 1 rings (SSSR count). The number of Topliss-reactive ketones (excluding diaryl/α,β-unsaturated/α-hetero) is 1. The zero-order valence-electron chi connectivity index (χ0n) is 8.75. The van der Waals surface area contributed by atoms with Crippen molar-refractivity contribution in [2.75, 3.05) is 0 Å². The summed E-state index contributed by atoms with van der Waals surface area (Å²) >= 11 is 0. The quantitative estimate of drug-likeness (QED) is 0.780. The van der Waals surface area contributed by atoms with Crippen molar-refractivity contribution in [2.45, 2.75) is 38.6 Å². The van der Waals surface area contributed by atoms with Crippen LogP contribution >= 0.6 is 0 Å². The third kappa shape index (κ3) is 2.23. The number of furan rings is 1. The average molecular weight is 195 g/mol. The number of rotatable bonds is 5. The van der Waals surface area contributed by atoms with E-state index in [1.165, 1.54) is 0 Å². The highest BCUT2D eigenvalue weighted by Gasteiger charge is 2.29. The first-order chi connectivity index (χ1) is 6.62. The lowest BCUT2D eigenvalue weighted by atomic mass is 9.86. The van der Waals surface area contributed by atoms with Crippen LogP contribution < -0.4 is 5.73 Å². The maximum Gasteiger partial charge on any atom is 0.157 e. The van der Waals surface area contributed by atoms with E-state index in [0.29, 0.717) is 19.3 Å². The zero-order chi connectivity index (χ0) is 10.6. The Bertz CT molecular complexity index is 286. The summed E-state index contributed by atoms with van der Waals surface area (Å²) < 4.78 is 4.90. The highest BCUT2D eigenvalue weighted by atomic mass is 16.3. The van der Waals surface area contributed by atoms with Gasteiger partial charge >= 0.3 is 0 Å². The van der Waals surface area contributed by atoms with Crippen LogP contribution in [-0.2, 0) is 11.2 Å². The van der Waals surface area contributed by atoms with Crippen LogP contribution in [0.5, 0.6) is 0 Å². The summed E-state index contributed by atoms with van der Waals surface area (Å²) in [4.78, 5) is 11.8. The molecule has 0 aliphatic heterocycles. The molecule has 0 atom stereocenters. The molecule has 0 fully saturated rings.